The van der Waals surface area contributed by atoms with E-state index in [1.807, 2.05) is 0 Å². The Balaban J connectivity index is 1.33. The molecular weight excluding hydrogens is 1060 g/mol. The molecule has 5 rings (SSSR count). The standard InChI is InChI=1S/C48H76N4O25S/c1-5-6-7-8-9-10-11-12-13-18-69-27-16-14-26(15-17-27)44(64)52-33-37(60)36(59)28(19-53)72-46(33)75-41-29(20-54)73-47(34(39(41)62)50-24(3)57)76-42-30(21-55)74-48(35(40(42)63)51-25(4)58)77-43-31(22-70-78(66,67)68)71-45(65)32(38(43)61)49-23(2)56/h10-11,14-17,28-43,45-48,53-55,59-63,65H,5-9,12-13,18-22H2,1-4H3,(H,49,56)(H,50,57)(H,51,58)(H,52,64)(H,66,67,68)/b11-10-/t28?,29?,30?,31?,32?,33?,34?,35?,36-,37-,38?,39?,40-,41-,42-,43-,45-,46+,47+,48+/m1/s1. The van der Waals surface area contributed by atoms with Crippen LogP contribution in [0.25, 0.3) is 0 Å². The molecule has 4 amide bonds. The molecule has 20 atom stereocenters. The third kappa shape index (κ3) is 17.9. The predicted octanol–water partition coefficient (Wildman–Crippen LogP) is -4.37. The molecule has 0 aliphatic carbocycles. The normalized spacial score (nSPS) is 35.4. The zero-order chi connectivity index (χ0) is 57.4. The van der Waals surface area contributed by atoms with Crippen LogP contribution in [-0.4, -0.2) is 238 Å². The summed E-state index contributed by atoms with van der Waals surface area (Å²) in [5, 5.41) is 109. The van der Waals surface area contributed by atoms with Crippen molar-refractivity contribution in [1.29, 1.82) is 0 Å². The highest BCUT2D eigenvalue weighted by Crippen LogP contribution is 2.35. The second-order valence-electron chi connectivity index (χ2n) is 19.2. The molecule has 14 N–H and O–H groups in total. The Labute approximate surface area is 450 Å². The summed E-state index contributed by atoms with van der Waals surface area (Å²) in [5.74, 6) is -2.72. The third-order valence-corrected chi connectivity index (χ3v) is 13.7. The number of rotatable bonds is 27. The number of unbranched alkanes of at least 4 members (excludes halogenated alkanes) is 5. The molecule has 0 aromatic heterocycles. The number of nitrogens with one attached hydrogen (secondary N) is 4. The summed E-state index contributed by atoms with van der Waals surface area (Å²) in [5.41, 5.74) is 0.0808. The van der Waals surface area contributed by atoms with Gasteiger partial charge < -0.3 is 105 Å². The highest BCUT2D eigenvalue weighted by molar-refractivity contribution is 7.80. The van der Waals surface area contributed by atoms with Gasteiger partial charge in [-0.1, -0.05) is 38.3 Å². The van der Waals surface area contributed by atoms with Crippen LogP contribution in [0.3, 0.4) is 0 Å². The highest BCUT2D eigenvalue weighted by atomic mass is 32.3. The number of carbonyl (C=O) groups excluding carboxylic acids is 4. The van der Waals surface area contributed by atoms with Crippen molar-refractivity contribution in [3.05, 3.63) is 42.0 Å². The molecule has 4 aliphatic rings. The molecule has 1 aromatic carbocycles. The van der Waals surface area contributed by atoms with Gasteiger partial charge in [-0.05, 0) is 49.9 Å². The van der Waals surface area contributed by atoms with E-state index < -0.39 is 183 Å². The van der Waals surface area contributed by atoms with E-state index in [0.29, 0.717) is 12.4 Å². The second kappa shape index (κ2) is 30.6. The quantitative estimate of drug-likeness (QED) is 0.0225. The summed E-state index contributed by atoms with van der Waals surface area (Å²) in [6.07, 6.45) is -17.8. The van der Waals surface area contributed by atoms with Crippen LogP contribution in [-0.2, 0) is 62.1 Å². The summed E-state index contributed by atoms with van der Waals surface area (Å²) in [4.78, 5) is 51.0. The third-order valence-electron chi connectivity index (χ3n) is 13.2. The van der Waals surface area contributed by atoms with Gasteiger partial charge in [0.2, 0.25) is 17.7 Å². The van der Waals surface area contributed by atoms with Crippen molar-refractivity contribution >= 4 is 34.0 Å². The molecule has 29 nitrogen and oxygen atoms in total. The monoisotopic (exact) mass is 1140 g/mol. The van der Waals surface area contributed by atoms with Gasteiger partial charge in [-0.3, -0.25) is 23.7 Å². The van der Waals surface area contributed by atoms with Crippen molar-refractivity contribution in [2.24, 2.45) is 0 Å². The van der Waals surface area contributed by atoms with Crippen LogP contribution in [0, 0.1) is 0 Å². The average Bonchev–Trinajstić information content (AvgIpc) is 3.43. The summed E-state index contributed by atoms with van der Waals surface area (Å²) in [6.45, 7) is 1.68. The van der Waals surface area contributed by atoms with E-state index in [-0.39, 0.29) is 5.56 Å². The zero-order valence-electron chi connectivity index (χ0n) is 43.5. The molecule has 4 heterocycles. The van der Waals surface area contributed by atoms with Crippen LogP contribution in [0.4, 0.5) is 0 Å². The van der Waals surface area contributed by atoms with Crippen molar-refractivity contribution in [2.45, 2.75) is 195 Å². The number of aliphatic hydroxyl groups excluding tert-OH is 9. The fourth-order valence-corrected chi connectivity index (χ4v) is 9.64. The first kappa shape index (κ1) is 64.7. The lowest BCUT2D eigenvalue weighted by atomic mass is 9.93. The summed E-state index contributed by atoms with van der Waals surface area (Å²) >= 11 is 0. The van der Waals surface area contributed by atoms with Gasteiger partial charge >= 0.3 is 10.4 Å². The van der Waals surface area contributed by atoms with E-state index in [1.54, 1.807) is 12.1 Å². The van der Waals surface area contributed by atoms with Crippen molar-refractivity contribution < 1.29 is 120 Å². The molecule has 0 saturated carbocycles. The van der Waals surface area contributed by atoms with Gasteiger partial charge in [0, 0.05) is 26.3 Å². The van der Waals surface area contributed by atoms with Gasteiger partial charge in [0.05, 0.1) is 33.0 Å². The minimum absolute atomic E-state index is 0.0808. The molecule has 1 aromatic rings. The topological polar surface area (TPSA) is 436 Å². The molecule has 4 saturated heterocycles. The average molecular weight is 1140 g/mol. The first-order chi connectivity index (χ1) is 37.0. The fraction of sp³-hybridized carbons (Fsp3) is 0.750. The Bertz CT molecular complexity index is 2200. The van der Waals surface area contributed by atoms with E-state index in [0.717, 1.165) is 46.5 Å². The van der Waals surface area contributed by atoms with Gasteiger partial charge in [0.25, 0.3) is 5.91 Å². The summed E-state index contributed by atoms with van der Waals surface area (Å²) in [7, 11) is -5.16. The molecule has 0 spiro atoms. The number of amides is 4. The van der Waals surface area contributed by atoms with Gasteiger partial charge in [-0.2, -0.15) is 8.42 Å². The minimum Gasteiger partial charge on any atom is -0.494 e. The smallest absolute Gasteiger partial charge is 0.397 e. The van der Waals surface area contributed by atoms with Crippen molar-refractivity contribution in [3.8, 4) is 5.75 Å². The molecule has 4 aliphatic heterocycles. The Morgan fingerprint density at radius 1 is 0.564 bits per heavy atom. The van der Waals surface area contributed by atoms with Crippen molar-refractivity contribution in [2.75, 3.05) is 33.0 Å². The van der Waals surface area contributed by atoms with Crippen LogP contribution in [0.15, 0.2) is 36.4 Å². The van der Waals surface area contributed by atoms with Crippen LogP contribution in [0.2, 0.25) is 0 Å². The van der Waals surface area contributed by atoms with Crippen LogP contribution >= 0.6 is 0 Å². The van der Waals surface area contributed by atoms with Crippen LogP contribution in [0.5, 0.6) is 5.75 Å². The molecule has 10 unspecified atom stereocenters. The number of allylic oxidation sites excluding steroid dienone is 2. The second-order valence-corrected chi connectivity index (χ2v) is 20.3. The van der Waals surface area contributed by atoms with Gasteiger partial charge in [0.1, 0.15) is 103 Å². The first-order valence-electron chi connectivity index (χ1n) is 25.6. The number of ether oxygens (including phenoxy) is 8. The Kier molecular flexibility index (Phi) is 25.4. The van der Waals surface area contributed by atoms with Gasteiger partial charge in [0.15, 0.2) is 25.2 Å². The van der Waals surface area contributed by atoms with E-state index in [4.69, 9.17) is 37.9 Å². The number of hydrogen-bond donors (Lipinski definition) is 14. The Hall–Kier alpha value is -4.13. The number of carbonyl (C=O) groups is 4. The van der Waals surface area contributed by atoms with E-state index in [2.05, 4.69) is 44.5 Å². The molecule has 0 radical (unpaired) electrons. The van der Waals surface area contributed by atoms with Crippen molar-refractivity contribution in [1.82, 2.24) is 21.3 Å². The van der Waals surface area contributed by atoms with E-state index in [9.17, 15) is 78.1 Å². The maximum atomic E-state index is 13.7. The Morgan fingerprint density at radius 2 is 1.01 bits per heavy atom. The van der Waals surface area contributed by atoms with Gasteiger partial charge in [-0.15, -0.1) is 0 Å². The molecular formula is C48H76N4O25S. The lowest BCUT2D eigenvalue weighted by molar-refractivity contribution is -0.361. The van der Waals surface area contributed by atoms with Crippen LogP contribution < -0.4 is 26.0 Å². The largest absolute Gasteiger partial charge is 0.494 e. The number of aliphatic hydroxyl groups is 9. The maximum Gasteiger partial charge on any atom is 0.397 e. The molecule has 30 heteroatoms. The summed E-state index contributed by atoms with van der Waals surface area (Å²) in [6, 6.07) is -0.739. The molecule has 4 fully saturated rings. The minimum atomic E-state index is -5.16. The number of hydrogen-bond acceptors (Lipinski definition) is 24. The van der Waals surface area contributed by atoms with Crippen molar-refractivity contribution in [3.63, 3.8) is 0 Å². The Morgan fingerprint density at radius 3 is 1.49 bits per heavy atom. The molecule has 78 heavy (non-hydrogen) atoms. The van der Waals surface area contributed by atoms with E-state index in [1.165, 1.54) is 31.4 Å². The lowest BCUT2D eigenvalue weighted by Gasteiger charge is -2.51. The van der Waals surface area contributed by atoms with Gasteiger partial charge in [-0.25, -0.2) is 4.18 Å². The lowest BCUT2D eigenvalue weighted by Crippen LogP contribution is -2.71. The first-order valence-corrected chi connectivity index (χ1v) is 27.0. The SMILES string of the molecule is CCCCCC/C=C\CCCOc1ccc(C(=O)NC2[C@H](O[C@@H]3C(CO)O[C@@H](O[C@@H]4C(CO)O[C@@H](O[C@@H]5C(COS(=O)(=O)O)O[C@@H](O)C(NC(C)=O)C5O)C(NC(C)=O)[C@H]4O)C(NC(C)=O)C3O)OC(CO)[C@@H](O)[C@@H]2O)cc1. The number of benzene rings is 1. The maximum absolute atomic E-state index is 13.7. The summed E-state index contributed by atoms with van der Waals surface area (Å²) < 4.78 is 83.8. The van der Waals surface area contributed by atoms with E-state index >= 15 is 0 Å². The van der Waals surface area contributed by atoms with Crippen LogP contribution in [0.1, 0.15) is 83.0 Å². The fourth-order valence-electron chi connectivity index (χ4n) is 9.33. The molecule has 444 valence electrons. The highest BCUT2D eigenvalue weighted by Gasteiger charge is 2.56. The zero-order valence-corrected chi connectivity index (χ0v) is 44.3. The predicted molar refractivity (Wildman–Crippen MR) is 263 cm³/mol. The molecule has 0 bridgehead atoms.